The second-order valence-electron chi connectivity index (χ2n) is 3.25. The monoisotopic (exact) mass is 222 g/mol. The number of nitrogens with two attached hydrogens (primary N) is 1. The van der Waals surface area contributed by atoms with Gasteiger partial charge in [0.15, 0.2) is 6.61 Å². The highest BCUT2D eigenvalue weighted by Gasteiger charge is 2.20. The normalized spacial score (nSPS) is 15.6. The summed E-state index contributed by atoms with van der Waals surface area (Å²) in [6.07, 6.45) is 0. The van der Waals surface area contributed by atoms with E-state index >= 15 is 0 Å². The Hall–Kier alpha value is -2.24. The van der Waals surface area contributed by atoms with E-state index in [9.17, 15) is 4.79 Å². The minimum absolute atomic E-state index is 0.181. The third-order valence-electron chi connectivity index (χ3n) is 2.13. The molecule has 1 amide bonds. The van der Waals surface area contributed by atoms with Crippen molar-refractivity contribution < 1.29 is 19.5 Å². The molecule has 6 nitrogen and oxygen atoms in total. The van der Waals surface area contributed by atoms with Crippen LogP contribution in [0.25, 0.3) is 0 Å². The zero-order valence-electron chi connectivity index (χ0n) is 8.34. The number of primary amides is 1. The quantitative estimate of drug-likeness (QED) is 0.561. The summed E-state index contributed by atoms with van der Waals surface area (Å²) in [7, 11) is 0. The first-order chi connectivity index (χ1) is 7.70. The highest BCUT2D eigenvalue weighted by Crippen LogP contribution is 2.29. The molecule has 84 valence electrons. The molecule has 0 bridgehead atoms. The molecule has 0 aliphatic carbocycles. The zero-order valence-corrected chi connectivity index (χ0v) is 8.34. The van der Waals surface area contributed by atoms with E-state index in [1.165, 1.54) is 0 Å². The van der Waals surface area contributed by atoms with Gasteiger partial charge in [0, 0.05) is 11.6 Å². The first kappa shape index (κ1) is 10.3. The zero-order chi connectivity index (χ0) is 11.5. The van der Waals surface area contributed by atoms with Crippen molar-refractivity contribution in [1.29, 1.82) is 0 Å². The van der Waals surface area contributed by atoms with Crippen LogP contribution in [0.5, 0.6) is 11.5 Å². The van der Waals surface area contributed by atoms with Crippen LogP contribution in [0.15, 0.2) is 23.4 Å². The number of ether oxygens (including phenoxy) is 2. The van der Waals surface area contributed by atoms with E-state index in [0.717, 1.165) is 0 Å². The van der Waals surface area contributed by atoms with E-state index in [1.807, 2.05) is 0 Å². The summed E-state index contributed by atoms with van der Waals surface area (Å²) < 4.78 is 10.4. The minimum Gasteiger partial charge on any atom is -0.486 e. The summed E-state index contributed by atoms with van der Waals surface area (Å²) in [5.41, 5.74) is 6.13. The van der Waals surface area contributed by atoms with Gasteiger partial charge in [-0.2, -0.15) is 0 Å². The lowest BCUT2D eigenvalue weighted by molar-refractivity contribution is -0.119. The Balaban J connectivity index is 2.18. The van der Waals surface area contributed by atoms with Gasteiger partial charge in [0.2, 0.25) is 0 Å². The Morgan fingerprint density at radius 1 is 1.62 bits per heavy atom. The summed E-state index contributed by atoms with van der Waals surface area (Å²) in [4.78, 5) is 10.5. The molecule has 0 atom stereocenters. The van der Waals surface area contributed by atoms with Crippen molar-refractivity contribution in [2.45, 2.75) is 0 Å². The molecule has 1 aliphatic rings. The molecule has 1 aromatic carbocycles. The number of rotatable bonds is 3. The van der Waals surface area contributed by atoms with Crippen LogP contribution in [0.4, 0.5) is 0 Å². The van der Waals surface area contributed by atoms with Crippen molar-refractivity contribution in [2.75, 3.05) is 13.2 Å². The average molecular weight is 222 g/mol. The number of carbonyl (C=O) groups excluding carboxylic acids is 1. The van der Waals surface area contributed by atoms with Gasteiger partial charge in [-0.05, 0) is 12.1 Å². The maximum atomic E-state index is 10.5. The number of hydrogen-bond donors (Lipinski definition) is 2. The van der Waals surface area contributed by atoms with Crippen LogP contribution in [-0.2, 0) is 4.79 Å². The molecule has 0 unspecified atom stereocenters. The van der Waals surface area contributed by atoms with Gasteiger partial charge in [0.05, 0.1) is 0 Å². The third kappa shape index (κ3) is 1.90. The first-order valence-corrected chi connectivity index (χ1v) is 4.60. The molecule has 1 aliphatic heterocycles. The number of fused-ring (bicyclic) bond motifs is 1. The van der Waals surface area contributed by atoms with Gasteiger partial charge in [-0.25, -0.2) is 0 Å². The van der Waals surface area contributed by atoms with Crippen molar-refractivity contribution in [1.82, 2.24) is 0 Å². The van der Waals surface area contributed by atoms with E-state index in [2.05, 4.69) is 5.16 Å². The van der Waals surface area contributed by atoms with Crippen LogP contribution in [0.2, 0.25) is 0 Å². The SMILES string of the molecule is NC(=O)COc1ccc2c(c1)OCC2=NO. The Morgan fingerprint density at radius 3 is 3.12 bits per heavy atom. The van der Waals surface area contributed by atoms with Gasteiger partial charge in [0.1, 0.15) is 23.8 Å². The fourth-order valence-electron chi connectivity index (χ4n) is 1.41. The lowest BCUT2D eigenvalue weighted by Crippen LogP contribution is -2.19. The molecule has 0 saturated heterocycles. The minimum atomic E-state index is -0.543. The fourth-order valence-corrected chi connectivity index (χ4v) is 1.41. The maximum absolute atomic E-state index is 10.5. The standard InChI is InChI=1S/C10H10N2O4/c11-10(13)5-15-6-1-2-7-8(12-14)4-16-9(7)3-6/h1-3,14H,4-5H2,(H2,11,13). The van der Waals surface area contributed by atoms with Crippen LogP contribution in [-0.4, -0.2) is 30.0 Å². The van der Waals surface area contributed by atoms with E-state index in [-0.39, 0.29) is 13.2 Å². The van der Waals surface area contributed by atoms with Crippen LogP contribution >= 0.6 is 0 Å². The number of amides is 1. The number of oxime groups is 1. The van der Waals surface area contributed by atoms with Gasteiger partial charge in [-0.1, -0.05) is 5.16 Å². The summed E-state index contributed by atoms with van der Waals surface area (Å²) >= 11 is 0. The summed E-state index contributed by atoms with van der Waals surface area (Å²) in [5, 5.41) is 11.8. The predicted octanol–water partition coefficient (Wildman–Crippen LogP) is 0.121. The van der Waals surface area contributed by atoms with E-state index in [4.69, 9.17) is 20.4 Å². The van der Waals surface area contributed by atoms with Crippen molar-refractivity contribution in [3.8, 4) is 11.5 Å². The topological polar surface area (TPSA) is 94.1 Å². The smallest absolute Gasteiger partial charge is 0.255 e. The Bertz CT molecular complexity index is 456. The second-order valence-corrected chi connectivity index (χ2v) is 3.25. The van der Waals surface area contributed by atoms with Crippen LogP contribution in [0.1, 0.15) is 5.56 Å². The molecule has 16 heavy (non-hydrogen) atoms. The number of hydrogen-bond acceptors (Lipinski definition) is 5. The average Bonchev–Trinajstić information content (AvgIpc) is 2.68. The summed E-state index contributed by atoms with van der Waals surface area (Å²) in [5.74, 6) is 0.505. The molecule has 1 heterocycles. The third-order valence-corrected chi connectivity index (χ3v) is 2.13. The first-order valence-electron chi connectivity index (χ1n) is 4.60. The molecular formula is C10H10N2O4. The lowest BCUT2D eigenvalue weighted by Gasteiger charge is -2.04. The number of benzene rings is 1. The molecule has 0 fully saturated rings. The van der Waals surface area contributed by atoms with Gasteiger partial charge in [-0.3, -0.25) is 4.79 Å². The Morgan fingerprint density at radius 2 is 2.44 bits per heavy atom. The van der Waals surface area contributed by atoms with Crippen LogP contribution in [0, 0.1) is 0 Å². The molecule has 2 rings (SSSR count). The molecule has 0 aromatic heterocycles. The van der Waals surface area contributed by atoms with Crippen LogP contribution in [0.3, 0.4) is 0 Å². The summed E-state index contributed by atoms with van der Waals surface area (Å²) in [6.45, 7) is 0.0465. The largest absolute Gasteiger partial charge is 0.486 e. The van der Waals surface area contributed by atoms with Crippen molar-refractivity contribution >= 4 is 11.6 Å². The van der Waals surface area contributed by atoms with Gasteiger partial charge in [-0.15, -0.1) is 0 Å². The van der Waals surface area contributed by atoms with E-state index < -0.39 is 5.91 Å². The molecule has 0 saturated carbocycles. The predicted molar refractivity (Wildman–Crippen MR) is 54.9 cm³/mol. The second kappa shape index (κ2) is 4.09. The number of nitrogens with zero attached hydrogens (tertiary/aromatic N) is 1. The molecule has 0 spiro atoms. The number of carbonyl (C=O) groups is 1. The summed E-state index contributed by atoms with van der Waals surface area (Å²) in [6, 6.07) is 4.98. The van der Waals surface area contributed by atoms with Crippen LogP contribution < -0.4 is 15.2 Å². The Kier molecular flexibility index (Phi) is 2.63. The van der Waals surface area contributed by atoms with Crippen molar-refractivity contribution in [3.05, 3.63) is 23.8 Å². The molecule has 6 heteroatoms. The highest BCUT2D eigenvalue weighted by atomic mass is 16.5. The van der Waals surface area contributed by atoms with Crippen molar-refractivity contribution in [2.24, 2.45) is 10.9 Å². The molecule has 0 radical (unpaired) electrons. The Labute approximate surface area is 91.3 Å². The van der Waals surface area contributed by atoms with Gasteiger partial charge < -0.3 is 20.4 Å². The van der Waals surface area contributed by atoms with Crippen molar-refractivity contribution in [3.63, 3.8) is 0 Å². The molecule has 1 aromatic rings. The molecule has 3 N–H and O–H groups in total. The van der Waals surface area contributed by atoms with E-state index in [0.29, 0.717) is 22.8 Å². The molecular weight excluding hydrogens is 212 g/mol. The van der Waals surface area contributed by atoms with E-state index in [1.54, 1.807) is 18.2 Å². The maximum Gasteiger partial charge on any atom is 0.255 e. The van der Waals surface area contributed by atoms with Gasteiger partial charge >= 0.3 is 0 Å². The van der Waals surface area contributed by atoms with Gasteiger partial charge in [0.25, 0.3) is 5.91 Å². The highest BCUT2D eigenvalue weighted by molar-refractivity contribution is 6.06. The lowest BCUT2D eigenvalue weighted by atomic mass is 10.1. The fraction of sp³-hybridized carbons (Fsp3) is 0.200.